The molecule has 0 aliphatic heterocycles. The highest BCUT2D eigenvalue weighted by atomic mass is 14.9. The number of nitriles is 1. The van der Waals surface area contributed by atoms with E-state index in [0.29, 0.717) is 11.4 Å². The Morgan fingerprint density at radius 2 is 1.64 bits per heavy atom. The molecule has 0 radical (unpaired) electrons. The number of nitrogens with zero attached hydrogens (tertiary/aromatic N) is 5. The van der Waals surface area contributed by atoms with Gasteiger partial charge in [-0.2, -0.15) is 5.26 Å². The molecule has 5 nitrogen and oxygen atoms in total. The minimum atomic E-state index is 0.143. The van der Waals surface area contributed by atoms with Crippen molar-refractivity contribution in [2.75, 3.05) is 0 Å². The summed E-state index contributed by atoms with van der Waals surface area (Å²) < 4.78 is 0. The van der Waals surface area contributed by atoms with Gasteiger partial charge >= 0.3 is 0 Å². The Balaban J connectivity index is 2.40. The molecule has 5 heteroatoms. The van der Waals surface area contributed by atoms with Crippen LogP contribution in [0.3, 0.4) is 0 Å². The van der Waals surface area contributed by atoms with Crippen molar-refractivity contribution in [3.63, 3.8) is 0 Å². The largest absolute Gasteiger partial charge is 0.236 e. The Kier molecular flexibility index (Phi) is 2.11. The predicted octanol–water partition coefficient (Wildman–Crippen LogP) is 0.805. The number of hydrogen-bond acceptors (Lipinski definition) is 5. The number of aromatic nitrogens is 4. The zero-order valence-corrected chi connectivity index (χ0v) is 7.12. The van der Waals surface area contributed by atoms with Gasteiger partial charge in [-0.3, -0.25) is 0 Å². The minimum absolute atomic E-state index is 0.143. The third-order valence-corrected chi connectivity index (χ3v) is 1.58. The van der Waals surface area contributed by atoms with Crippen LogP contribution in [0.1, 0.15) is 5.82 Å². The van der Waals surface area contributed by atoms with E-state index < -0.39 is 0 Å². The van der Waals surface area contributed by atoms with E-state index in [1.807, 2.05) is 6.07 Å². The Morgan fingerprint density at radius 3 is 2.21 bits per heavy atom. The van der Waals surface area contributed by atoms with Crippen molar-refractivity contribution in [3.05, 3.63) is 36.7 Å². The molecule has 66 valence electrons. The lowest BCUT2D eigenvalue weighted by atomic mass is 10.3. The highest BCUT2D eigenvalue weighted by Gasteiger charge is 2.00. The van der Waals surface area contributed by atoms with Gasteiger partial charge in [-0.15, -0.1) is 0 Å². The highest BCUT2D eigenvalue weighted by Crippen LogP contribution is 2.09. The molecular weight excluding hydrogens is 178 g/mol. The summed E-state index contributed by atoms with van der Waals surface area (Å²) in [6.07, 6.45) is 6.34. The van der Waals surface area contributed by atoms with E-state index in [0.717, 1.165) is 0 Å². The smallest absolute Gasteiger partial charge is 0.232 e. The third kappa shape index (κ3) is 1.54. The number of rotatable bonds is 1. The molecule has 2 aromatic rings. The van der Waals surface area contributed by atoms with Gasteiger partial charge < -0.3 is 0 Å². The van der Waals surface area contributed by atoms with Gasteiger partial charge in [0.05, 0.1) is 5.56 Å². The van der Waals surface area contributed by atoms with E-state index in [2.05, 4.69) is 19.9 Å². The molecule has 2 rings (SSSR count). The van der Waals surface area contributed by atoms with Crippen LogP contribution in [-0.2, 0) is 0 Å². The Bertz CT molecular complexity index is 457. The second-order valence-corrected chi connectivity index (χ2v) is 2.48. The average Bonchev–Trinajstić information content (AvgIpc) is 2.30. The predicted molar refractivity (Wildman–Crippen MR) is 47.8 cm³/mol. The third-order valence-electron chi connectivity index (χ3n) is 1.58. The molecule has 0 saturated heterocycles. The second-order valence-electron chi connectivity index (χ2n) is 2.48. The van der Waals surface area contributed by atoms with Crippen LogP contribution in [0.4, 0.5) is 0 Å². The van der Waals surface area contributed by atoms with Gasteiger partial charge in [0.2, 0.25) is 5.82 Å². The summed E-state index contributed by atoms with van der Waals surface area (Å²) in [6, 6.07) is 3.57. The second kappa shape index (κ2) is 3.58. The van der Waals surface area contributed by atoms with E-state index in [9.17, 15) is 0 Å². The first-order valence-corrected chi connectivity index (χ1v) is 3.89. The van der Waals surface area contributed by atoms with E-state index >= 15 is 0 Å². The summed E-state index contributed by atoms with van der Waals surface area (Å²) in [6.45, 7) is 0. The van der Waals surface area contributed by atoms with Crippen LogP contribution in [0.2, 0.25) is 0 Å². The zero-order valence-electron chi connectivity index (χ0n) is 7.12. The summed E-state index contributed by atoms with van der Waals surface area (Å²) in [5.41, 5.74) is 0.699. The molecule has 0 aromatic carbocycles. The number of hydrogen-bond donors (Lipinski definition) is 0. The molecule has 0 bridgehead atoms. The SMILES string of the molecule is N#Cc1ncc(-c2ncccn2)cn1. The standard InChI is InChI=1S/C9H5N5/c10-4-8-13-5-7(6-14-8)9-11-2-1-3-12-9/h1-3,5-6H. The summed E-state index contributed by atoms with van der Waals surface area (Å²) in [5.74, 6) is 0.696. The molecule has 2 aromatic heterocycles. The average molecular weight is 183 g/mol. The van der Waals surface area contributed by atoms with Gasteiger partial charge in [0, 0.05) is 24.8 Å². The molecule has 0 N–H and O–H groups in total. The summed E-state index contributed by atoms with van der Waals surface area (Å²) in [7, 11) is 0. The molecule has 0 spiro atoms. The van der Waals surface area contributed by atoms with Crippen LogP contribution < -0.4 is 0 Å². The van der Waals surface area contributed by atoms with Crippen molar-refractivity contribution in [3.8, 4) is 17.5 Å². The normalized spacial score (nSPS) is 9.36. The molecule has 0 unspecified atom stereocenters. The fourth-order valence-corrected chi connectivity index (χ4v) is 0.949. The lowest BCUT2D eigenvalue weighted by Gasteiger charge is -1.96. The van der Waals surface area contributed by atoms with Crippen molar-refractivity contribution >= 4 is 0 Å². The molecule has 14 heavy (non-hydrogen) atoms. The summed E-state index contributed by atoms with van der Waals surface area (Å²) in [5, 5.41) is 8.49. The van der Waals surface area contributed by atoms with Crippen molar-refractivity contribution in [1.29, 1.82) is 5.26 Å². The molecule has 0 saturated carbocycles. The maximum absolute atomic E-state index is 8.49. The fourth-order valence-electron chi connectivity index (χ4n) is 0.949. The van der Waals surface area contributed by atoms with Gasteiger partial charge in [0.15, 0.2) is 5.82 Å². The Labute approximate surface area is 80.1 Å². The van der Waals surface area contributed by atoms with Crippen LogP contribution >= 0.6 is 0 Å². The van der Waals surface area contributed by atoms with Crippen LogP contribution in [0, 0.1) is 11.3 Å². The first-order chi connectivity index (χ1) is 6.90. The summed E-state index contributed by atoms with van der Waals surface area (Å²) >= 11 is 0. The minimum Gasteiger partial charge on any atom is -0.236 e. The van der Waals surface area contributed by atoms with Crippen LogP contribution in [0.25, 0.3) is 11.4 Å². The van der Waals surface area contributed by atoms with Gasteiger partial charge in [-0.1, -0.05) is 0 Å². The maximum atomic E-state index is 8.49. The van der Waals surface area contributed by atoms with Crippen molar-refractivity contribution in [2.45, 2.75) is 0 Å². The Morgan fingerprint density at radius 1 is 1.00 bits per heavy atom. The lowest BCUT2D eigenvalue weighted by Crippen LogP contribution is -1.92. The zero-order chi connectivity index (χ0) is 9.80. The summed E-state index contributed by atoms with van der Waals surface area (Å²) in [4.78, 5) is 15.7. The topological polar surface area (TPSA) is 75.3 Å². The molecular formula is C9H5N5. The first kappa shape index (κ1) is 8.26. The molecule has 0 aliphatic rings. The van der Waals surface area contributed by atoms with E-state index in [1.165, 1.54) is 12.4 Å². The van der Waals surface area contributed by atoms with Gasteiger partial charge in [0.1, 0.15) is 6.07 Å². The van der Waals surface area contributed by atoms with Crippen molar-refractivity contribution in [2.24, 2.45) is 0 Å². The molecule has 0 amide bonds. The fraction of sp³-hybridized carbons (Fsp3) is 0. The molecule has 2 heterocycles. The molecule has 0 fully saturated rings. The highest BCUT2D eigenvalue weighted by molar-refractivity contribution is 5.51. The van der Waals surface area contributed by atoms with Gasteiger partial charge in [-0.25, -0.2) is 19.9 Å². The van der Waals surface area contributed by atoms with Gasteiger partial charge in [-0.05, 0) is 6.07 Å². The monoisotopic (exact) mass is 183 g/mol. The van der Waals surface area contributed by atoms with Crippen molar-refractivity contribution in [1.82, 2.24) is 19.9 Å². The van der Waals surface area contributed by atoms with E-state index in [4.69, 9.17) is 5.26 Å². The lowest BCUT2D eigenvalue weighted by molar-refractivity contribution is 1.09. The van der Waals surface area contributed by atoms with Crippen LogP contribution in [-0.4, -0.2) is 19.9 Å². The quantitative estimate of drug-likeness (QED) is 0.653. The van der Waals surface area contributed by atoms with Crippen molar-refractivity contribution < 1.29 is 0 Å². The van der Waals surface area contributed by atoms with Gasteiger partial charge in [0.25, 0.3) is 0 Å². The first-order valence-electron chi connectivity index (χ1n) is 3.89. The van der Waals surface area contributed by atoms with E-state index in [1.54, 1.807) is 18.5 Å². The van der Waals surface area contributed by atoms with Crippen LogP contribution in [0.5, 0.6) is 0 Å². The van der Waals surface area contributed by atoms with E-state index in [-0.39, 0.29) is 5.82 Å². The van der Waals surface area contributed by atoms with Crippen LogP contribution in [0.15, 0.2) is 30.9 Å². The maximum Gasteiger partial charge on any atom is 0.232 e. The molecule has 0 atom stereocenters. The molecule has 0 aliphatic carbocycles. The Hall–Kier alpha value is -2.35.